The third-order valence-corrected chi connectivity index (χ3v) is 3.75. The molecule has 1 N–H and O–H groups in total. The van der Waals surface area contributed by atoms with Gasteiger partial charge in [0.05, 0.1) is 12.6 Å². The molecule has 6 nitrogen and oxygen atoms in total. The van der Waals surface area contributed by atoms with E-state index in [1.54, 1.807) is 11.8 Å². The average molecular weight is 267 g/mol. The van der Waals surface area contributed by atoms with Gasteiger partial charge in [-0.25, -0.2) is 0 Å². The van der Waals surface area contributed by atoms with Crippen molar-refractivity contribution < 1.29 is 14.4 Å². The number of carbonyl (C=O) groups excluding carboxylic acids is 3. The molecule has 6 heteroatoms. The van der Waals surface area contributed by atoms with E-state index in [-0.39, 0.29) is 30.8 Å². The van der Waals surface area contributed by atoms with Crippen LogP contribution in [0.4, 0.5) is 0 Å². The second-order valence-electron chi connectivity index (χ2n) is 5.22. The van der Waals surface area contributed by atoms with Crippen molar-refractivity contribution in [3.63, 3.8) is 0 Å². The molecule has 0 bridgehead atoms. The monoisotopic (exact) mass is 267 g/mol. The summed E-state index contributed by atoms with van der Waals surface area (Å²) in [5.74, 6) is -0.733. The molecule has 2 aliphatic rings. The van der Waals surface area contributed by atoms with E-state index < -0.39 is 6.04 Å². The van der Waals surface area contributed by atoms with Gasteiger partial charge in [-0.05, 0) is 19.8 Å². The maximum absolute atomic E-state index is 12.2. The number of amides is 3. The lowest BCUT2D eigenvalue weighted by Gasteiger charge is -2.31. The van der Waals surface area contributed by atoms with Crippen molar-refractivity contribution >= 4 is 17.7 Å². The number of piperazine rings is 1. The van der Waals surface area contributed by atoms with Gasteiger partial charge in [0, 0.05) is 13.1 Å². The van der Waals surface area contributed by atoms with Crippen LogP contribution in [0, 0.1) is 0 Å². The van der Waals surface area contributed by atoms with Gasteiger partial charge < -0.3 is 4.90 Å². The van der Waals surface area contributed by atoms with E-state index in [0.29, 0.717) is 0 Å². The molecule has 3 amide bonds. The van der Waals surface area contributed by atoms with Crippen LogP contribution in [0.25, 0.3) is 0 Å². The van der Waals surface area contributed by atoms with E-state index in [1.807, 2.05) is 0 Å². The van der Waals surface area contributed by atoms with E-state index in [4.69, 9.17) is 0 Å². The van der Waals surface area contributed by atoms with E-state index in [9.17, 15) is 14.4 Å². The Morgan fingerprint density at radius 3 is 2.47 bits per heavy atom. The van der Waals surface area contributed by atoms with Crippen molar-refractivity contribution in [1.29, 1.82) is 0 Å². The Labute approximate surface area is 113 Å². The van der Waals surface area contributed by atoms with Crippen LogP contribution < -0.4 is 5.32 Å². The molecule has 1 atom stereocenters. The lowest BCUT2D eigenvalue weighted by Crippen LogP contribution is -2.59. The fourth-order valence-corrected chi connectivity index (χ4v) is 2.50. The predicted octanol–water partition coefficient (Wildman–Crippen LogP) is -0.264. The zero-order valence-corrected chi connectivity index (χ0v) is 11.4. The standard InChI is InChI=1S/C13H21N3O3/c1-10-13(19)16(11(17)8-14-10)9-12(18)15-6-4-2-3-5-7-15/h10,14H,2-9H2,1H3. The predicted molar refractivity (Wildman–Crippen MR) is 69.2 cm³/mol. The zero-order chi connectivity index (χ0) is 13.8. The first-order valence-electron chi connectivity index (χ1n) is 6.95. The molecule has 0 radical (unpaired) electrons. The lowest BCUT2D eigenvalue weighted by molar-refractivity contribution is -0.153. The van der Waals surface area contributed by atoms with Crippen LogP contribution in [0.2, 0.25) is 0 Å². The highest BCUT2D eigenvalue weighted by Crippen LogP contribution is 2.11. The first-order chi connectivity index (χ1) is 9.09. The largest absolute Gasteiger partial charge is 0.341 e. The Hall–Kier alpha value is -1.43. The molecule has 2 rings (SSSR count). The molecule has 1 unspecified atom stereocenters. The van der Waals surface area contributed by atoms with Crippen molar-refractivity contribution in [3.8, 4) is 0 Å². The number of rotatable bonds is 2. The highest BCUT2D eigenvalue weighted by Gasteiger charge is 2.33. The van der Waals surface area contributed by atoms with E-state index in [2.05, 4.69) is 5.32 Å². The van der Waals surface area contributed by atoms with E-state index in [1.165, 1.54) is 0 Å². The maximum atomic E-state index is 12.2. The normalized spacial score (nSPS) is 25.4. The zero-order valence-electron chi connectivity index (χ0n) is 11.4. The first-order valence-corrected chi connectivity index (χ1v) is 6.95. The fourth-order valence-electron chi connectivity index (χ4n) is 2.50. The van der Waals surface area contributed by atoms with Crippen LogP contribution in [-0.4, -0.2) is 59.7 Å². The lowest BCUT2D eigenvalue weighted by atomic mass is 10.2. The van der Waals surface area contributed by atoms with Crippen molar-refractivity contribution in [1.82, 2.24) is 15.1 Å². The molecule has 2 fully saturated rings. The molecule has 2 saturated heterocycles. The van der Waals surface area contributed by atoms with Gasteiger partial charge in [0.15, 0.2) is 0 Å². The Kier molecular flexibility index (Phi) is 4.52. The molecule has 2 aliphatic heterocycles. The number of imide groups is 1. The minimum Gasteiger partial charge on any atom is -0.341 e. The van der Waals surface area contributed by atoms with Gasteiger partial charge in [-0.1, -0.05) is 12.8 Å². The van der Waals surface area contributed by atoms with E-state index in [0.717, 1.165) is 43.7 Å². The van der Waals surface area contributed by atoms with Gasteiger partial charge in [0.2, 0.25) is 17.7 Å². The third-order valence-electron chi connectivity index (χ3n) is 3.75. The number of hydrogen-bond acceptors (Lipinski definition) is 4. The van der Waals surface area contributed by atoms with Crippen LogP contribution in [0.15, 0.2) is 0 Å². The molecule has 0 saturated carbocycles. The Balaban J connectivity index is 1.96. The van der Waals surface area contributed by atoms with Gasteiger partial charge in [0.25, 0.3) is 0 Å². The summed E-state index contributed by atoms with van der Waals surface area (Å²) in [5.41, 5.74) is 0. The first kappa shape index (κ1) is 14.0. The Bertz CT molecular complexity index is 375. The van der Waals surface area contributed by atoms with Gasteiger partial charge in [-0.15, -0.1) is 0 Å². The molecule has 0 spiro atoms. The maximum Gasteiger partial charge on any atom is 0.246 e. The molecule has 106 valence electrons. The highest BCUT2D eigenvalue weighted by atomic mass is 16.2. The Morgan fingerprint density at radius 2 is 1.84 bits per heavy atom. The van der Waals surface area contributed by atoms with Gasteiger partial charge in [-0.2, -0.15) is 0 Å². The SMILES string of the molecule is CC1NCC(=O)N(CC(=O)N2CCCCCC2)C1=O. The van der Waals surface area contributed by atoms with E-state index >= 15 is 0 Å². The number of likely N-dealkylation sites (tertiary alicyclic amines) is 1. The second-order valence-corrected chi connectivity index (χ2v) is 5.22. The molecule has 0 aromatic carbocycles. The second kappa shape index (κ2) is 6.14. The summed E-state index contributed by atoms with van der Waals surface area (Å²) in [7, 11) is 0. The van der Waals surface area contributed by atoms with Crippen LogP contribution in [0.1, 0.15) is 32.6 Å². The molecule has 0 aliphatic carbocycles. The molecule has 0 aromatic heterocycles. The summed E-state index contributed by atoms with van der Waals surface area (Å²) in [5, 5.41) is 2.81. The van der Waals surface area contributed by atoms with Crippen LogP contribution in [0.5, 0.6) is 0 Å². The van der Waals surface area contributed by atoms with Crippen molar-refractivity contribution in [2.75, 3.05) is 26.2 Å². The topological polar surface area (TPSA) is 69.7 Å². The fraction of sp³-hybridized carbons (Fsp3) is 0.769. The third kappa shape index (κ3) is 3.32. The quantitative estimate of drug-likeness (QED) is 0.700. The van der Waals surface area contributed by atoms with Crippen molar-refractivity contribution in [2.24, 2.45) is 0 Å². The summed E-state index contributed by atoms with van der Waals surface area (Å²) >= 11 is 0. The molecular weight excluding hydrogens is 246 g/mol. The summed E-state index contributed by atoms with van der Waals surface area (Å²) in [6.07, 6.45) is 4.30. The van der Waals surface area contributed by atoms with Crippen LogP contribution in [0.3, 0.4) is 0 Å². The average Bonchev–Trinajstić information content (AvgIpc) is 2.68. The molecule has 2 heterocycles. The molecule has 19 heavy (non-hydrogen) atoms. The number of hydrogen-bond donors (Lipinski definition) is 1. The highest BCUT2D eigenvalue weighted by molar-refractivity contribution is 6.03. The van der Waals surface area contributed by atoms with Gasteiger partial charge in [0.1, 0.15) is 6.54 Å². The van der Waals surface area contributed by atoms with Crippen molar-refractivity contribution in [2.45, 2.75) is 38.6 Å². The minimum absolute atomic E-state index is 0.107. The number of carbonyl (C=O) groups is 3. The molecular formula is C13H21N3O3. The smallest absolute Gasteiger partial charge is 0.246 e. The number of nitrogens with zero attached hydrogens (tertiary/aromatic N) is 2. The summed E-state index contributed by atoms with van der Waals surface area (Å²) in [6.45, 7) is 3.20. The number of nitrogens with one attached hydrogen (secondary N) is 1. The minimum atomic E-state index is -0.394. The van der Waals surface area contributed by atoms with Crippen molar-refractivity contribution in [3.05, 3.63) is 0 Å². The Morgan fingerprint density at radius 1 is 1.21 bits per heavy atom. The molecule has 0 aromatic rings. The summed E-state index contributed by atoms with van der Waals surface area (Å²) in [6, 6.07) is -0.394. The van der Waals surface area contributed by atoms with Crippen LogP contribution in [-0.2, 0) is 14.4 Å². The summed E-state index contributed by atoms with van der Waals surface area (Å²) < 4.78 is 0. The van der Waals surface area contributed by atoms with Crippen LogP contribution >= 0.6 is 0 Å². The summed E-state index contributed by atoms with van der Waals surface area (Å²) in [4.78, 5) is 38.6. The van der Waals surface area contributed by atoms with Gasteiger partial charge >= 0.3 is 0 Å². The van der Waals surface area contributed by atoms with Gasteiger partial charge in [-0.3, -0.25) is 24.6 Å².